The standard InChI is InChI=1S/C12H17ClN4O/c1-2-18-11-16-9(13)15-10(17-11)14-7-12(5-6-12)8-3-4-8/h8H,2-7H2,1H3,(H,14,15,16,17). The highest BCUT2D eigenvalue weighted by atomic mass is 35.5. The van der Waals surface area contributed by atoms with Gasteiger partial charge in [-0.05, 0) is 55.5 Å². The molecule has 2 aliphatic rings. The SMILES string of the molecule is CCOc1nc(Cl)nc(NCC2(C3CC3)CC2)n1. The summed E-state index contributed by atoms with van der Waals surface area (Å²) in [6.45, 7) is 3.34. The van der Waals surface area contributed by atoms with Crippen LogP contribution in [-0.2, 0) is 0 Å². The van der Waals surface area contributed by atoms with Crippen LogP contribution in [0, 0.1) is 11.3 Å². The predicted molar refractivity (Wildman–Crippen MR) is 68.9 cm³/mol. The molecule has 0 unspecified atom stereocenters. The van der Waals surface area contributed by atoms with Gasteiger partial charge in [-0.15, -0.1) is 0 Å². The molecule has 0 aromatic carbocycles. The fourth-order valence-electron chi connectivity index (χ4n) is 2.45. The van der Waals surface area contributed by atoms with Gasteiger partial charge >= 0.3 is 6.01 Å². The summed E-state index contributed by atoms with van der Waals surface area (Å²) in [5, 5.41) is 3.46. The van der Waals surface area contributed by atoms with E-state index in [1.165, 1.54) is 25.7 Å². The molecule has 0 atom stereocenters. The molecule has 1 heterocycles. The van der Waals surface area contributed by atoms with Crippen LogP contribution in [-0.4, -0.2) is 28.1 Å². The van der Waals surface area contributed by atoms with Gasteiger partial charge in [-0.3, -0.25) is 0 Å². The molecule has 0 saturated heterocycles. The average Bonchev–Trinajstić information content (AvgIpc) is 3.19. The monoisotopic (exact) mass is 268 g/mol. The number of ether oxygens (including phenoxy) is 1. The summed E-state index contributed by atoms with van der Waals surface area (Å²) in [7, 11) is 0. The zero-order valence-electron chi connectivity index (χ0n) is 10.4. The summed E-state index contributed by atoms with van der Waals surface area (Å²) in [4.78, 5) is 12.2. The lowest BCUT2D eigenvalue weighted by atomic mass is 10.0. The van der Waals surface area contributed by atoms with Crippen molar-refractivity contribution in [3.63, 3.8) is 0 Å². The zero-order chi connectivity index (χ0) is 12.6. The van der Waals surface area contributed by atoms with Crippen molar-refractivity contribution in [1.29, 1.82) is 0 Å². The van der Waals surface area contributed by atoms with Crippen LogP contribution in [0.1, 0.15) is 32.6 Å². The number of halogens is 1. The minimum Gasteiger partial charge on any atom is -0.464 e. The maximum atomic E-state index is 5.84. The van der Waals surface area contributed by atoms with E-state index in [-0.39, 0.29) is 11.3 Å². The van der Waals surface area contributed by atoms with Crippen molar-refractivity contribution in [2.45, 2.75) is 32.6 Å². The van der Waals surface area contributed by atoms with Crippen molar-refractivity contribution in [3.8, 4) is 6.01 Å². The molecule has 1 aromatic heterocycles. The van der Waals surface area contributed by atoms with Gasteiger partial charge in [-0.1, -0.05) is 0 Å². The third kappa shape index (κ3) is 2.51. The van der Waals surface area contributed by atoms with Crippen LogP contribution in [0.5, 0.6) is 6.01 Å². The Labute approximate surface area is 111 Å². The van der Waals surface area contributed by atoms with Gasteiger partial charge in [0, 0.05) is 6.54 Å². The molecule has 2 aliphatic carbocycles. The van der Waals surface area contributed by atoms with Crippen molar-refractivity contribution in [2.75, 3.05) is 18.5 Å². The molecule has 18 heavy (non-hydrogen) atoms. The normalized spacial score (nSPS) is 20.6. The number of anilines is 1. The summed E-state index contributed by atoms with van der Waals surface area (Å²) in [5.41, 5.74) is 0.505. The fourth-order valence-corrected chi connectivity index (χ4v) is 2.60. The van der Waals surface area contributed by atoms with Crippen LogP contribution in [0.2, 0.25) is 5.28 Å². The summed E-state index contributed by atoms with van der Waals surface area (Å²) in [6.07, 6.45) is 5.40. The molecule has 1 N–H and O–H groups in total. The average molecular weight is 269 g/mol. The van der Waals surface area contributed by atoms with Crippen LogP contribution in [0.15, 0.2) is 0 Å². The second-order valence-corrected chi connectivity index (χ2v) is 5.47. The first kappa shape index (κ1) is 12.0. The summed E-state index contributed by atoms with van der Waals surface area (Å²) >= 11 is 5.84. The minimum absolute atomic E-state index is 0.173. The molecule has 3 rings (SSSR count). The Morgan fingerprint density at radius 3 is 2.72 bits per heavy atom. The Balaban J connectivity index is 1.64. The maximum absolute atomic E-state index is 5.84. The lowest BCUT2D eigenvalue weighted by Gasteiger charge is -2.15. The molecular formula is C12H17ClN4O. The lowest BCUT2D eigenvalue weighted by molar-refractivity contribution is 0.311. The van der Waals surface area contributed by atoms with Gasteiger partial charge in [0.15, 0.2) is 0 Å². The molecule has 1 aromatic rings. The van der Waals surface area contributed by atoms with Crippen molar-refractivity contribution < 1.29 is 4.74 Å². The number of rotatable bonds is 6. The number of hydrogen-bond donors (Lipinski definition) is 1. The third-order valence-corrected chi connectivity index (χ3v) is 3.96. The molecule has 6 heteroatoms. The predicted octanol–water partition coefficient (Wildman–Crippen LogP) is 2.53. The van der Waals surface area contributed by atoms with E-state index in [0.717, 1.165) is 12.5 Å². The van der Waals surface area contributed by atoms with Gasteiger partial charge in [0.1, 0.15) is 0 Å². The van der Waals surface area contributed by atoms with E-state index in [0.29, 0.717) is 18.0 Å². The van der Waals surface area contributed by atoms with E-state index in [1.54, 1.807) is 0 Å². The Hall–Kier alpha value is -1.10. The summed E-state index contributed by atoms with van der Waals surface area (Å²) in [6, 6.07) is 0.288. The van der Waals surface area contributed by atoms with Crippen LogP contribution in [0.25, 0.3) is 0 Å². The molecule has 98 valence electrons. The Morgan fingerprint density at radius 2 is 2.11 bits per heavy atom. The minimum atomic E-state index is 0.173. The quantitative estimate of drug-likeness (QED) is 0.859. The first-order valence-corrected chi connectivity index (χ1v) is 6.88. The second-order valence-electron chi connectivity index (χ2n) is 5.13. The Bertz CT molecular complexity index is 446. The van der Waals surface area contributed by atoms with Gasteiger partial charge in [0.25, 0.3) is 0 Å². The topological polar surface area (TPSA) is 59.9 Å². The smallest absolute Gasteiger partial charge is 0.322 e. The second kappa shape index (κ2) is 4.53. The van der Waals surface area contributed by atoms with Crippen molar-refractivity contribution in [1.82, 2.24) is 15.0 Å². The third-order valence-electron chi connectivity index (χ3n) is 3.80. The van der Waals surface area contributed by atoms with Crippen molar-refractivity contribution >= 4 is 17.5 Å². The Morgan fingerprint density at radius 1 is 1.33 bits per heavy atom. The number of aromatic nitrogens is 3. The van der Waals surface area contributed by atoms with Crippen LogP contribution in [0.4, 0.5) is 5.95 Å². The summed E-state index contributed by atoms with van der Waals surface area (Å²) < 4.78 is 5.25. The molecular weight excluding hydrogens is 252 g/mol. The molecule has 0 amide bonds. The van der Waals surface area contributed by atoms with E-state index < -0.39 is 0 Å². The number of hydrogen-bond acceptors (Lipinski definition) is 5. The van der Waals surface area contributed by atoms with Crippen LogP contribution < -0.4 is 10.1 Å². The largest absolute Gasteiger partial charge is 0.464 e. The van der Waals surface area contributed by atoms with Crippen LogP contribution >= 0.6 is 11.6 Å². The zero-order valence-corrected chi connectivity index (χ0v) is 11.2. The highest BCUT2D eigenvalue weighted by Gasteiger charge is 2.53. The van der Waals surface area contributed by atoms with E-state index >= 15 is 0 Å². The van der Waals surface area contributed by atoms with Gasteiger partial charge in [-0.2, -0.15) is 15.0 Å². The summed E-state index contributed by atoms with van der Waals surface area (Å²) in [5.74, 6) is 1.43. The van der Waals surface area contributed by atoms with E-state index in [4.69, 9.17) is 16.3 Å². The van der Waals surface area contributed by atoms with Gasteiger partial charge in [0.2, 0.25) is 11.2 Å². The molecule has 0 aliphatic heterocycles. The number of nitrogens with zero attached hydrogens (tertiary/aromatic N) is 3. The van der Waals surface area contributed by atoms with E-state index in [9.17, 15) is 0 Å². The molecule has 0 bridgehead atoms. The van der Waals surface area contributed by atoms with Crippen molar-refractivity contribution in [2.24, 2.45) is 11.3 Å². The Kier molecular flexibility index (Phi) is 3.01. The highest BCUT2D eigenvalue weighted by molar-refractivity contribution is 6.28. The molecule has 0 radical (unpaired) electrons. The fraction of sp³-hybridized carbons (Fsp3) is 0.750. The van der Waals surface area contributed by atoms with Gasteiger partial charge < -0.3 is 10.1 Å². The van der Waals surface area contributed by atoms with E-state index in [2.05, 4.69) is 20.3 Å². The van der Waals surface area contributed by atoms with Crippen molar-refractivity contribution in [3.05, 3.63) is 5.28 Å². The molecule has 0 spiro atoms. The molecule has 5 nitrogen and oxygen atoms in total. The highest BCUT2D eigenvalue weighted by Crippen LogP contribution is 2.61. The lowest BCUT2D eigenvalue weighted by Crippen LogP contribution is -2.19. The molecule has 2 saturated carbocycles. The van der Waals surface area contributed by atoms with Crippen LogP contribution in [0.3, 0.4) is 0 Å². The maximum Gasteiger partial charge on any atom is 0.322 e. The number of nitrogens with one attached hydrogen (secondary N) is 1. The first-order chi connectivity index (χ1) is 8.72. The molecule has 2 fully saturated rings. The van der Waals surface area contributed by atoms with Gasteiger partial charge in [-0.25, -0.2) is 0 Å². The first-order valence-electron chi connectivity index (χ1n) is 6.50. The van der Waals surface area contributed by atoms with Gasteiger partial charge in [0.05, 0.1) is 6.61 Å². The van der Waals surface area contributed by atoms with E-state index in [1.807, 2.05) is 6.92 Å².